The van der Waals surface area contributed by atoms with Crippen LogP contribution in [0.15, 0.2) is 0 Å². The molecule has 0 spiro atoms. The fourth-order valence-corrected chi connectivity index (χ4v) is 3.04. The van der Waals surface area contributed by atoms with E-state index >= 15 is 0 Å². The molecule has 0 bridgehead atoms. The molecule has 166 valence electrons. The van der Waals surface area contributed by atoms with Gasteiger partial charge in [-0.15, -0.1) is 0 Å². The number of carbonyl (C=O) groups is 2. The molecule has 0 aliphatic heterocycles. The summed E-state index contributed by atoms with van der Waals surface area (Å²) in [6.45, 7) is 8.01. The summed E-state index contributed by atoms with van der Waals surface area (Å²) < 4.78 is 15.7. The van der Waals surface area contributed by atoms with Gasteiger partial charge in [0.2, 0.25) is 0 Å². The van der Waals surface area contributed by atoms with E-state index in [1.165, 1.54) is 32.1 Å². The van der Waals surface area contributed by atoms with Crippen LogP contribution in [0, 0.1) is 11.8 Å². The molecule has 1 unspecified atom stereocenters. The molecule has 0 fully saturated rings. The third kappa shape index (κ3) is 18.3. The van der Waals surface area contributed by atoms with Gasteiger partial charge in [-0.2, -0.15) is 0 Å². The standard InChI is InChI=1S/C23H44O5/c1-5-6-7-9-12-21(15-17-26-4)16-18-27-22(24)13-10-8-11-14-23(25)28-19-20(2)3/h20-21H,5-19H2,1-4H3. The normalized spacial score (nSPS) is 12.2. The van der Waals surface area contributed by atoms with Crippen molar-refractivity contribution in [3.63, 3.8) is 0 Å². The van der Waals surface area contributed by atoms with E-state index in [0.29, 0.717) is 37.9 Å². The molecule has 1 atom stereocenters. The minimum Gasteiger partial charge on any atom is -0.466 e. The van der Waals surface area contributed by atoms with Crippen LogP contribution in [0.3, 0.4) is 0 Å². The third-order valence-corrected chi connectivity index (χ3v) is 4.82. The van der Waals surface area contributed by atoms with Crippen molar-refractivity contribution in [3.8, 4) is 0 Å². The van der Waals surface area contributed by atoms with Gasteiger partial charge in [0, 0.05) is 26.6 Å². The van der Waals surface area contributed by atoms with E-state index in [2.05, 4.69) is 6.92 Å². The van der Waals surface area contributed by atoms with Crippen molar-refractivity contribution in [1.29, 1.82) is 0 Å². The molecule has 5 heteroatoms. The maximum absolute atomic E-state index is 11.9. The van der Waals surface area contributed by atoms with Crippen molar-refractivity contribution in [3.05, 3.63) is 0 Å². The topological polar surface area (TPSA) is 61.8 Å². The van der Waals surface area contributed by atoms with Gasteiger partial charge in [-0.25, -0.2) is 0 Å². The van der Waals surface area contributed by atoms with Crippen LogP contribution in [0.25, 0.3) is 0 Å². The Hall–Kier alpha value is -1.10. The zero-order chi connectivity index (χ0) is 21.0. The van der Waals surface area contributed by atoms with E-state index in [1.54, 1.807) is 7.11 Å². The van der Waals surface area contributed by atoms with Crippen LogP contribution in [0.1, 0.15) is 97.8 Å². The highest BCUT2D eigenvalue weighted by molar-refractivity contribution is 5.69. The number of hydrogen-bond donors (Lipinski definition) is 0. The molecule has 0 heterocycles. The molecule has 0 radical (unpaired) electrons. The van der Waals surface area contributed by atoms with Crippen LogP contribution >= 0.6 is 0 Å². The molecule has 0 aromatic rings. The zero-order valence-electron chi connectivity index (χ0n) is 18.8. The average molecular weight is 401 g/mol. The van der Waals surface area contributed by atoms with E-state index < -0.39 is 0 Å². The summed E-state index contributed by atoms with van der Waals surface area (Å²) in [5.74, 6) is 0.668. The van der Waals surface area contributed by atoms with Crippen LogP contribution < -0.4 is 0 Å². The van der Waals surface area contributed by atoms with Gasteiger partial charge in [0.1, 0.15) is 0 Å². The van der Waals surface area contributed by atoms with Crippen molar-refractivity contribution in [2.45, 2.75) is 97.8 Å². The Morgan fingerprint density at radius 3 is 1.96 bits per heavy atom. The molecule has 5 nitrogen and oxygen atoms in total. The first-order chi connectivity index (χ1) is 13.5. The van der Waals surface area contributed by atoms with Crippen LogP contribution in [0.4, 0.5) is 0 Å². The van der Waals surface area contributed by atoms with Gasteiger partial charge in [0.15, 0.2) is 0 Å². The number of esters is 2. The van der Waals surface area contributed by atoms with E-state index in [9.17, 15) is 9.59 Å². The minimum atomic E-state index is -0.141. The third-order valence-electron chi connectivity index (χ3n) is 4.82. The molecule has 28 heavy (non-hydrogen) atoms. The van der Waals surface area contributed by atoms with Crippen molar-refractivity contribution in [1.82, 2.24) is 0 Å². The predicted molar refractivity (Wildman–Crippen MR) is 113 cm³/mol. The second-order valence-electron chi connectivity index (χ2n) is 8.14. The molecular formula is C23H44O5. The monoisotopic (exact) mass is 400 g/mol. The van der Waals surface area contributed by atoms with Crippen LogP contribution in [0.2, 0.25) is 0 Å². The Morgan fingerprint density at radius 1 is 0.750 bits per heavy atom. The molecule has 0 amide bonds. The molecule has 0 aromatic carbocycles. The lowest BCUT2D eigenvalue weighted by Gasteiger charge is -2.16. The van der Waals surface area contributed by atoms with Crippen LogP contribution in [0.5, 0.6) is 0 Å². The van der Waals surface area contributed by atoms with Gasteiger partial charge in [-0.1, -0.05) is 59.3 Å². The zero-order valence-corrected chi connectivity index (χ0v) is 18.8. The summed E-state index contributed by atoms with van der Waals surface area (Å²) in [7, 11) is 1.73. The van der Waals surface area contributed by atoms with Gasteiger partial charge in [0.05, 0.1) is 13.2 Å². The number of methoxy groups -OCH3 is 1. The smallest absolute Gasteiger partial charge is 0.305 e. The summed E-state index contributed by atoms with van der Waals surface area (Å²) in [4.78, 5) is 23.4. The predicted octanol–water partition coefficient (Wildman–Crippen LogP) is 5.69. The Bertz CT molecular complexity index is 381. The molecule has 0 saturated carbocycles. The number of carbonyl (C=O) groups excluding carboxylic acids is 2. The van der Waals surface area contributed by atoms with Crippen LogP contribution in [-0.2, 0) is 23.8 Å². The number of ether oxygens (including phenoxy) is 3. The lowest BCUT2D eigenvalue weighted by molar-refractivity contribution is -0.145. The highest BCUT2D eigenvalue weighted by Crippen LogP contribution is 2.18. The highest BCUT2D eigenvalue weighted by atomic mass is 16.5. The van der Waals surface area contributed by atoms with Crippen molar-refractivity contribution >= 4 is 11.9 Å². The summed E-state index contributed by atoms with van der Waals surface area (Å²) in [6.07, 6.45) is 11.5. The highest BCUT2D eigenvalue weighted by Gasteiger charge is 2.11. The Balaban J connectivity index is 3.74. The fraction of sp³-hybridized carbons (Fsp3) is 0.913. The van der Waals surface area contributed by atoms with Gasteiger partial charge >= 0.3 is 11.9 Å². The summed E-state index contributed by atoms with van der Waals surface area (Å²) >= 11 is 0. The maximum atomic E-state index is 11.9. The summed E-state index contributed by atoms with van der Waals surface area (Å²) in [5, 5.41) is 0. The van der Waals surface area contributed by atoms with Gasteiger partial charge in [0.25, 0.3) is 0 Å². The van der Waals surface area contributed by atoms with E-state index in [0.717, 1.165) is 38.7 Å². The first-order valence-electron chi connectivity index (χ1n) is 11.3. The second kappa shape index (κ2) is 19.2. The Morgan fingerprint density at radius 2 is 1.36 bits per heavy atom. The fourth-order valence-electron chi connectivity index (χ4n) is 3.04. The first kappa shape index (κ1) is 26.9. The van der Waals surface area contributed by atoms with Crippen molar-refractivity contribution in [2.75, 3.05) is 26.9 Å². The lowest BCUT2D eigenvalue weighted by Crippen LogP contribution is -2.12. The first-order valence-corrected chi connectivity index (χ1v) is 11.3. The quantitative estimate of drug-likeness (QED) is 0.206. The molecule has 0 aromatic heterocycles. The van der Waals surface area contributed by atoms with E-state index in [-0.39, 0.29) is 11.9 Å². The molecule has 0 aliphatic rings. The maximum Gasteiger partial charge on any atom is 0.305 e. The molecule has 0 N–H and O–H groups in total. The number of hydrogen-bond acceptors (Lipinski definition) is 5. The largest absolute Gasteiger partial charge is 0.466 e. The summed E-state index contributed by atoms with van der Waals surface area (Å²) in [5.41, 5.74) is 0. The van der Waals surface area contributed by atoms with Gasteiger partial charge < -0.3 is 14.2 Å². The molecular weight excluding hydrogens is 356 g/mol. The molecule has 0 rings (SSSR count). The Labute approximate surface area is 172 Å². The second-order valence-corrected chi connectivity index (χ2v) is 8.14. The van der Waals surface area contributed by atoms with Gasteiger partial charge in [-0.3, -0.25) is 9.59 Å². The van der Waals surface area contributed by atoms with Crippen molar-refractivity contribution < 1.29 is 23.8 Å². The van der Waals surface area contributed by atoms with E-state index in [1.807, 2.05) is 13.8 Å². The molecule has 0 saturated heterocycles. The molecule has 0 aliphatic carbocycles. The van der Waals surface area contributed by atoms with Crippen molar-refractivity contribution in [2.24, 2.45) is 11.8 Å². The number of unbranched alkanes of at least 4 members (excludes halogenated alkanes) is 5. The van der Waals surface area contributed by atoms with Crippen LogP contribution in [-0.4, -0.2) is 38.9 Å². The lowest BCUT2D eigenvalue weighted by atomic mass is 9.95. The summed E-state index contributed by atoms with van der Waals surface area (Å²) in [6, 6.07) is 0. The number of rotatable bonds is 19. The van der Waals surface area contributed by atoms with Gasteiger partial charge in [-0.05, 0) is 37.5 Å². The SMILES string of the molecule is CCCCCCC(CCOC)CCOC(=O)CCCCCC(=O)OCC(C)C. The average Bonchev–Trinajstić information content (AvgIpc) is 2.66. The Kier molecular flexibility index (Phi) is 18.5. The minimum absolute atomic E-state index is 0.126. The van der Waals surface area contributed by atoms with E-state index in [4.69, 9.17) is 14.2 Å².